The third-order valence-electron chi connectivity index (χ3n) is 7.32. The molecule has 1 spiro atoms. The van der Waals surface area contributed by atoms with Crippen LogP contribution in [0.25, 0.3) is 11.4 Å². The van der Waals surface area contributed by atoms with E-state index in [4.69, 9.17) is 37.7 Å². The van der Waals surface area contributed by atoms with Crippen molar-refractivity contribution in [1.29, 1.82) is 0 Å². The number of halogens is 2. The van der Waals surface area contributed by atoms with Crippen molar-refractivity contribution in [3.8, 4) is 23.0 Å². The number of methoxy groups -OCH3 is 1. The van der Waals surface area contributed by atoms with E-state index in [1.807, 2.05) is 25.3 Å². The van der Waals surface area contributed by atoms with Gasteiger partial charge in [0.25, 0.3) is 11.8 Å². The van der Waals surface area contributed by atoms with Gasteiger partial charge < -0.3 is 19.4 Å². The van der Waals surface area contributed by atoms with E-state index in [1.54, 1.807) is 50.6 Å². The summed E-state index contributed by atoms with van der Waals surface area (Å²) in [5.74, 6) is 0.396. The SMILES string of the molecule is CCOc1cc(OC)c(-c2nc3c(n2C(C)C)C2(C(=O)Nc4cc(Cl)ccc42)N(c2cc(Cl)cnc2C)C3=O)cn1. The minimum absolute atomic E-state index is 0.127. The van der Waals surface area contributed by atoms with Crippen LogP contribution in [0.3, 0.4) is 0 Å². The Balaban J connectivity index is 1.70. The van der Waals surface area contributed by atoms with E-state index in [1.165, 1.54) is 11.1 Å². The van der Waals surface area contributed by atoms with Gasteiger partial charge in [0.1, 0.15) is 11.6 Å². The smallest absolute Gasteiger partial charge is 0.280 e. The van der Waals surface area contributed by atoms with Crippen LogP contribution in [0.4, 0.5) is 11.4 Å². The predicted octanol–water partition coefficient (Wildman–Crippen LogP) is 5.80. The average molecular weight is 593 g/mol. The predicted molar refractivity (Wildman–Crippen MR) is 155 cm³/mol. The molecule has 1 atom stereocenters. The molecule has 1 aromatic carbocycles. The molecule has 2 amide bonds. The molecule has 5 heterocycles. The molecule has 0 saturated carbocycles. The Kier molecular flexibility index (Phi) is 6.43. The number of aryl methyl sites for hydroxylation is 1. The number of pyridine rings is 2. The number of carbonyl (C=O) groups is 2. The van der Waals surface area contributed by atoms with Crippen molar-refractivity contribution in [2.45, 2.75) is 39.3 Å². The fourth-order valence-electron chi connectivity index (χ4n) is 5.71. The van der Waals surface area contributed by atoms with Gasteiger partial charge >= 0.3 is 0 Å². The highest BCUT2D eigenvalue weighted by Crippen LogP contribution is 2.55. The summed E-state index contributed by atoms with van der Waals surface area (Å²) in [5.41, 5.74) is 1.45. The molecule has 0 bridgehead atoms. The highest BCUT2D eigenvalue weighted by atomic mass is 35.5. The second kappa shape index (κ2) is 9.74. The van der Waals surface area contributed by atoms with Crippen LogP contribution in [0.1, 0.15) is 54.3 Å². The van der Waals surface area contributed by atoms with Crippen molar-refractivity contribution in [3.63, 3.8) is 0 Å². The monoisotopic (exact) mass is 592 g/mol. The molecule has 2 aliphatic rings. The number of anilines is 2. The van der Waals surface area contributed by atoms with Gasteiger partial charge in [0.15, 0.2) is 11.2 Å². The Morgan fingerprint density at radius 1 is 1.07 bits per heavy atom. The number of benzene rings is 1. The Bertz CT molecular complexity index is 1750. The average Bonchev–Trinajstić information content (AvgIpc) is 3.54. The van der Waals surface area contributed by atoms with Gasteiger partial charge in [0, 0.05) is 40.8 Å². The fourth-order valence-corrected chi connectivity index (χ4v) is 6.03. The molecule has 1 N–H and O–H groups in total. The highest BCUT2D eigenvalue weighted by molar-refractivity contribution is 6.32. The largest absolute Gasteiger partial charge is 0.496 e. The van der Waals surface area contributed by atoms with Crippen LogP contribution in [0.15, 0.2) is 42.7 Å². The first-order chi connectivity index (χ1) is 19.6. The molecule has 0 fully saturated rings. The molecule has 1 unspecified atom stereocenters. The number of ether oxygens (including phenoxy) is 2. The van der Waals surface area contributed by atoms with Gasteiger partial charge in [-0.2, -0.15) is 0 Å². The maximum atomic E-state index is 14.5. The van der Waals surface area contributed by atoms with E-state index in [0.29, 0.717) is 68.0 Å². The summed E-state index contributed by atoms with van der Waals surface area (Å²) in [7, 11) is 1.54. The summed E-state index contributed by atoms with van der Waals surface area (Å²) in [6, 6.07) is 8.20. The van der Waals surface area contributed by atoms with Crippen LogP contribution in [0.2, 0.25) is 10.0 Å². The lowest BCUT2D eigenvalue weighted by Crippen LogP contribution is -2.51. The van der Waals surface area contributed by atoms with Gasteiger partial charge in [-0.25, -0.2) is 9.97 Å². The zero-order chi connectivity index (χ0) is 29.2. The van der Waals surface area contributed by atoms with Gasteiger partial charge in [0.05, 0.1) is 41.4 Å². The number of fused-ring (bicyclic) bond motifs is 4. The Labute approximate surface area is 246 Å². The van der Waals surface area contributed by atoms with Crippen molar-refractivity contribution in [2.24, 2.45) is 0 Å². The van der Waals surface area contributed by atoms with Crippen molar-refractivity contribution in [3.05, 3.63) is 75.4 Å². The molecule has 2 aliphatic heterocycles. The lowest BCUT2D eigenvalue weighted by molar-refractivity contribution is -0.119. The second-order valence-corrected chi connectivity index (χ2v) is 10.9. The van der Waals surface area contributed by atoms with Crippen molar-refractivity contribution in [1.82, 2.24) is 19.5 Å². The van der Waals surface area contributed by atoms with E-state index < -0.39 is 17.4 Å². The van der Waals surface area contributed by atoms with Crippen molar-refractivity contribution < 1.29 is 19.1 Å². The third-order valence-corrected chi connectivity index (χ3v) is 7.76. The van der Waals surface area contributed by atoms with E-state index in [-0.39, 0.29) is 11.7 Å². The molecule has 10 nitrogen and oxygen atoms in total. The quantitative estimate of drug-likeness (QED) is 0.301. The number of hydrogen-bond acceptors (Lipinski definition) is 7. The lowest BCUT2D eigenvalue weighted by Gasteiger charge is -2.36. The molecule has 6 rings (SSSR count). The number of amides is 2. The molecule has 0 saturated heterocycles. The molecule has 12 heteroatoms. The molecular weight excluding hydrogens is 567 g/mol. The number of carbonyl (C=O) groups excluding carboxylic acids is 2. The van der Waals surface area contributed by atoms with Crippen LogP contribution in [0, 0.1) is 6.92 Å². The maximum absolute atomic E-state index is 14.5. The molecule has 0 radical (unpaired) electrons. The van der Waals surface area contributed by atoms with E-state index in [9.17, 15) is 9.59 Å². The van der Waals surface area contributed by atoms with Crippen LogP contribution in [0.5, 0.6) is 11.6 Å². The highest BCUT2D eigenvalue weighted by Gasteiger charge is 2.64. The van der Waals surface area contributed by atoms with E-state index in [0.717, 1.165) is 0 Å². The summed E-state index contributed by atoms with van der Waals surface area (Å²) in [6.45, 7) is 7.99. The summed E-state index contributed by atoms with van der Waals surface area (Å²) in [6.07, 6.45) is 3.10. The Hall–Kier alpha value is -4.15. The van der Waals surface area contributed by atoms with Gasteiger partial charge in [-0.3, -0.25) is 19.5 Å². The lowest BCUT2D eigenvalue weighted by atomic mass is 9.87. The van der Waals surface area contributed by atoms with Gasteiger partial charge in [-0.05, 0) is 45.9 Å². The molecular formula is C29H26Cl2N6O4. The first-order valence-electron chi connectivity index (χ1n) is 13.0. The molecule has 3 aromatic heterocycles. The second-order valence-electron chi connectivity index (χ2n) is 10.0. The van der Waals surface area contributed by atoms with Crippen LogP contribution in [-0.2, 0) is 10.3 Å². The topological polar surface area (TPSA) is 111 Å². The number of hydrogen-bond donors (Lipinski definition) is 1. The summed E-state index contributed by atoms with van der Waals surface area (Å²) < 4.78 is 13.1. The summed E-state index contributed by atoms with van der Waals surface area (Å²) in [5, 5.41) is 3.73. The first kappa shape index (κ1) is 27.0. The molecule has 0 aliphatic carbocycles. The van der Waals surface area contributed by atoms with Gasteiger partial charge in [-0.1, -0.05) is 29.3 Å². The maximum Gasteiger partial charge on any atom is 0.280 e. The normalized spacial score (nSPS) is 17.3. The third kappa shape index (κ3) is 3.81. The van der Waals surface area contributed by atoms with Crippen LogP contribution >= 0.6 is 23.2 Å². The van der Waals surface area contributed by atoms with Gasteiger partial charge in [-0.15, -0.1) is 0 Å². The van der Waals surface area contributed by atoms with E-state index >= 15 is 0 Å². The Morgan fingerprint density at radius 2 is 1.85 bits per heavy atom. The summed E-state index contributed by atoms with van der Waals surface area (Å²) in [4.78, 5) is 43.9. The minimum Gasteiger partial charge on any atom is -0.496 e. The minimum atomic E-state index is -1.62. The van der Waals surface area contributed by atoms with Crippen molar-refractivity contribution >= 4 is 46.4 Å². The number of nitrogens with one attached hydrogen (secondary N) is 1. The zero-order valence-electron chi connectivity index (χ0n) is 23.0. The summed E-state index contributed by atoms with van der Waals surface area (Å²) >= 11 is 12.7. The zero-order valence-corrected chi connectivity index (χ0v) is 24.5. The number of rotatable bonds is 6. The standard InChI is InChI=1S/C29H26Cl2N6O4/c1-6-41-23-11-22(40-5)18(13-33-23)26-35-24-25(36(26)14(2)3)29(19-8-7-16(30)9-20(19)34-28(29)39)37(27(24)38)21-10-17(31)12-32-15(21)4/h7-14H,6H2,1-5H3,(H,34,39). The van der Waals surface area contributed by atoms with Gasteiger partial charge in [0.2, 0.25) is 5.88 Å². The van der Waals surface area contributed by atoms with Crippen LogP contribution < -0.4 is 19.7 Å². The van der Waals surface area contributed by atoms with Crippen molar-refractivity contribution in [2.75, 3.05) is 23.9 Å². The number of nitrogens with zero attached hydrogens (tertiary/aromatic N) is 5. The fraction of sp³-hybridized carbons (Fsp3) is 0.276. The molecule has 210 valence electrons. The number of imidazole rings is 1. The van der Waals surface area contributed by atoms with E-state index in [2.05, 4.69) is 15.3 Å². The number of aromatic nitrogens is 4. The molecule has 41 heavy (non-hydrogen) atoms. The molecule has 4 aromatic rings. The Morgan fingerprint density at radius 3 is 2.56 bits per heavy atom. The van der Waals surface area contributed by atoms with Crippen LogP contribution in [-0.4, -0.2) is 45.1 Å². The first-order valence-corrected chi connectivity index (χ1v) is 13.8.